The predicted octanol–water partition coefficient (Wildman–Crippen LogP) is 5.36. The maximum atomic E-state index is 12.1. The monoisotopic (exact) mass is 381 g/mol. The Bertz CT molecular complexity index is 714. The molecule has 0 atom stereocenters. The maximum Gasteiger partial charge on any atom is 0.224 e. The summed E-state index contributed by atoms with van der Waals surface area (Å²) in [4.78, 5) is 12.1. The molecule has 0 bridgehead atoms. The van der Waals surface area contributed by atoms with E-state index in [0.717, 1.165) is 5.56 Å². The van der Waals surface area contributed by atoms with E-state index in [0.29, 0.717) is 53.3 Å². The van der Waals surface area contributed by atoms with Crippen LogP contribution in [0.3, 0.4) is 0 Å². The van der Waals surface area contributed by atoms with E-state index < -0.39 is 0 Å². The Kier molecular flexibility index (Phi) is 7.41. The van der Waals surface area contributed by atoms with Gasteiger partial charge in [0.15, 0.2) is 11.5 Å². The number of amides is 1. The second kappa shape index (κ2) is 9.54. The van der Waals surface area contributed by atoms with Crippen molar-refractivity contribution in [1.82, 2.24) is 0 Å². The molecule has 0 aliphatic rings. The van der Waals surface area contributed by atoms with Crippen LogP contribution in [0.5, 0.6) is 11.5 Å². The zero-order valence-corrected chi connectivity index (χ0v) is 15.8. The minimum atomic E-state index is -0.106. The minimum absolute atomic E-state index is 0.106. The van der Waals surface area contributed by atoms with Crippen LogP contribution in [0, 0.1) is 0 Å². The van der Waals surface area contributed by atoms with E-state index in [4.69, 9.17) is 32.7 Å². The number of aryl methyl sites for hydroxylation is 1. The number of nitrogens with one attached hydrogen (secondary N) is 1. The van der Waals surface area contributed by atoms with Gasteiger partial charge in [0.2, 0.25) is 5.91 Å². The third-order valence-corrected chi connectivity index (χ3v) is 3.83. The average molecular weight is 382 g/mol. The van der Waals surface area contributed by atoms with Crippen LogP contribution in [0.25, 0.3) is 0 Å². The van der Waals surface area contributed by atoms with E-state index in [2.05, 4.69) is 5.32 Å². The lowest BCUT2D eigenvalue weighted by molar-refractivity contribution is -0.116. The molecule has 0 aliphatic carbocycles. The first-order chi connectivity index (χ1) is 12.0. The summed E-state index contributed by atoms with van der Waals surface area (Å²) < 4.78 is 11.1. The Labute approximate surface area is 158 Å². The smallest absolute Gasteiger partial charge is 0.224 e. The second-order valence-corrected chi connectivity index (χ2v) is 6.23. The fourth-order valence-corrected chi connectivity index (χ4v) is 2.88. The summed E-state index contributed by atoms with van der Waals surface area (Å²) in [6.45, 7) is 4.98. The molecule has 0 aliphatic heterocycles. The van der Waals surface area contributed by atoms with Gasteiger partial charge in [0.25, 0.3) is 0 Å². The first-order valence-electron chi connectivity index (χ1n) is 8.16. The molecule has 2 rings (SSSR count). The highest BCUT2D eigenvalue weighted by atomic mass is 35.5. The Hall–Kier alpha value is -1.91. The third-order valence-electron chi connectivity index (χ3n) is 3.39. The van der Waals surface area contributed by atoms with Gasteiger partial charge < -0.3 is 14.8 Å². The molecule has 134 valence electrons. The van der Waals surface area contributed by atoms with Gasteiger partial charge in [-0.25, -0.2) is 0 Å². The van der Waals surface area contributed by atoms with Crippen molar-refractivity contribution in [2.45, 2.75) is 26.7 Å². The van der Waals surface area contributed by atoms with E-state index in [-0.39, 0.29) is 5.91 Å². The first kappa shape index (κ1) is 19.4. The molecule has 25 heavy (non-hydrogen) atoms. The van der Waals surface area contributed by atoms with Crippen LogP contribution in [-0.4, -0.2) is 19.1 Å². The van der Waals surface area contributed by atoms with Crippen molar-refractivity contribution in [3.8, 4) is 11.5 Å². The number of anilines is 1. The lowest BCUT2D eigenvalue weighted by Gasteiger charge is -2.12. The lowest BCUT2D eigenvalue weighted by atomic mass is 10.1. The van der Waals surface area contributed by atoms with Crippen molar-refractivity contribution in [2.75, 3.05) is 18.5 Å². The van der Waals surface area contributed by atoms with Crippen LogP contribution in [0.15, 0.2) is 36.4 Å². The third kappa shape index (κ3) is 6.15. The standard InChI is InChI=1S/C19H21Cl2NO3/c1-3-24-17-7-5-13(9-18(17)25-4-2)6-8-19(23)22-16-11-14(20)10-15(21)12-16/h5,7,9-12H,3-4,6,8H2,1-2H3,(H,22,23). The van der Waals surface area contributed by atoms with Crippen LogP contribution in [0.1, 0.15) is 25.8 Å². The van der Waals surface area contributed by atoms with Gasteiger partial charge in [-0.15, -0.1) is 0 Å². The van der Waals surface area contributed by atoms with Crippen molar-refractivity contribution in [3.63, 3.8) is 0 Å². The quantitative estimate of drug-likeness (QED) is 0.669. The SMILES string of the molecule is CCOc1ccc(CCC(=O)Nc2cc(Cl)cc(Cl)c2)cc1OCC. The largest absolute Gasteiger partial charge is 0.490 e. The van der Waals surface area contributed by atoms with E-state index in [9.17, 15) is 4.79 Å². The minimum Gasteiger partial charge on any atom is -0.490 e. The zero-order chi connectivity index (χ0) is 18.2. The molecule has 2 aromatic carbocycles. The maximum absolute atomic E-state index is 12.1. The lowest BCUT2D eigenvalue weighted by Crippen LogP contribution is -2.12. The summed E-state index contributed by atoms with van der Waals surface area (Å²) in [6.07, 6.45) is 0.927. The van der Waals surface area contributed by atoms with Crippen LogP contribution in [0.4, 0.5) is 5.69 Å². The Morgan fingerprint density at radius 1 is 0.960 bits per heavy atom. The van der Waals surface area contributed by atoms with Gasteiger partial charge in [0.1, 0.15) is 0 Å². The first-order valence-corrected chi connectivity index (χ1v) is 8.92. The predicted molar refractivity (Wildman–Crippen MR) is 102 cm³/mol. The van der Waals surface area contributed by atoms with Crippen LogP contribution >= 0.6 is 23.2 Å². The summed E-state index contributed by atoms with van der Waals surface area (Å²) in [5.41, 5.74) is 1.59. The highest BCUT2D eigenvalue weighted by molar-refractivity contribution is 6.35. The molecule has 0 spiro atoms. The molecule has 4 nitrogen and oxygen atoms in total. The number of carbonyl (C=O) groups excluding carboxylic acids is 1. The van der Waals surface area contributed by atoms with Crippen LogP contribution in [-0.2, 0) is 11.2 Å². The van der Waals surface area contributed by atoms with Crippen molar-refractivity contribution in [2.24, 2.45) is 0 Å². The highest BCUT2D eigenvalue weighted by Crippen LogP contribution is 2.29. The van der Waals surface area contributed by atoms with Crippen molar-refractivity contribution in [3.05, 3.63) is 52.0 Å². The fraction of sp³-hybridized carbons (Fsp3) is 0.316. The summed E-state index contributed by atoms with van der Waals surface area (Å²) in [7, 11) is 0. The van der Waals surface area contributed by atoms with Crippen LogP contribution in [0.2, 0.25) is 10.0 Å². The molecule has 2 aromatic rings. The summed E-state index contributed by atoms with van der Waals surface area (Å²) >= 11 is 11.9. The number of hydrogen-bond donors (Lipinski definition) is 1. The number of ether oxygens (including phenoxy) is 2. The van der Waals surface area contributed by atoms with E-state index in [1.54, 1.807) is 18.2 Å². The molecule has 0 fully saturated rings. The number of hydrogen-bond acceptors (Lipinski definition) is 3. The zero-order valence-electron chi connectivity index (χ0n) is 14.3. The molecule has 0 aromatic heterocycles. The molecule has 1 N–H and O–H groups in total. The summed E-state index contributed by atoms with van der Waals surface area (Å²) in [5.74, 6) is 1.31. The van der Waals surface area contributed by atoms with E-state index >= 15 is 0 Å². The summed E-state index contributed by atoms with van der Waals surface area (Å²) in [5, 5.41) is 3.77. The van der Waals surface area contributed by atoms with Gasteiger partial charge in [-0.1, -0.05) is 29.3 Å². The average Bonchev–Trinajstić information content (AvgIpc) is 2.54. The fourth-order valence-electron chi connectivity index (χ4n) is 2.36. The Morgan fingerprint density at radius 2 is 1.60 bits per heavy atom. The van der Waals surface area contributed by atoms with Gasteiger partial charge in [0, 0.05) is 22.2 Å². The second-order valence-electron chi connectivity index (χ2n) is 5.35. The molecule has 0 heterocycles. The molecule has 0 radical (unpaired) electrons. The van der Waals surface area contributed by atoms with Gasteiger partial charge in [0.05, 0.1) is 13.2 Å². The Morgan fingerprint density at radius 3 is 2.24 bits per heavy atom. The number of carbonyl (C=O) groups is 1. The molecular formula is C19H21Cl2NO3. The van der Waals surface area contributed by atoms with Crippen molar-refractivity contribution >= 4 is 34.8 Å². The molecule has 0 unspecified atom stereocenters. The van der Waals surface area contributed by atoms with Crippen molar-refractivity contribution in [1.29, 1.82) is 0 Å². The molecular weight excluding hydrogens is 361 g/mol. The van der Waals surface area contributed by atoms with Crippen LogP contribution < -0.4 is 14.8 Å². The van der Waals surface area contributed by atoms with Gasteiger partial charge in [-0.2, -0.15) is 0 Å². The van der Waals surface area contributed by atoms with Gasteiger partial charge in [-0.3, -0.25) is 4.79 Å². The van der Waals surface area contributed by atoms with E-state index in [1.807, 2.05) is 32.0 Å². The molecule has 0 saturated heterocycles. The van der Waals surface area contributed by atoms with Gasteiger partial charge >= 0.3 is 0 Å². The van der Waals surface area contributed by atoms with E-state index in [1.165, 1.54) is 0 Å². The van der Waals surface area contributed by atoms with Gasteiger partial charge in [-0.05, 0) is 56.2 Å². The Balaban J connectivity index is 1.97. The topological polar surface area (TPSA) is 47.6 Å². The number of benzene rings is 2. The molecule has 6 heteroatoms. The molecule has 1 amide bonds. The highest BCUT2D eigenvalue weighted by Gasteiger charge is 2.09. The number of halogens is 2. The molecule has 0 saturated carbocycles. The van der Waals surface area contributed by atoms with Crippen molar-refractivity contribution < 1.29 is 14.3 Å². The summed E-state index contributed by atoms with van der Waals surface area (Å²) in [6, 6.07) is 10.7. The normalized spacial score (nSPS) is 10.4. The number of rotatable bonds is 8.